The van der Waals surface area contributed by atoms with Gasteiger partial charge in [0.25, 0.3) is 0 Å². The Morgan fingerprint density at radius 3 is 2.68 bits per heavy atom. The van der Waals surface area contributed by atoms with Crippen molar-refractivity contribution < 1.29 is 22.3 Å². The summed E-state index contributed by atoms with van der Waals surface area (Å²) in [7, 11) is -3.46. The standard InChI is InChI=1S/C34H29ClFN5O4S2/c35-28-19-26(10-12-31(28)45-20-23-5-3-6-25(36)17-23)40-34-27-18-24(9-11-29(27)38-22-39-34)30-21-46-32(41-30)7-4-14-44-15-16-47(42,43)33-8-1-2-13-37-33/h1-3,5-6,8-13,17-19,21-22H,4,7,14-16,20H2,(H,38,39,40). The van der Waals surface area contributed by atoms with Crippen LogP contribution in [0.15, 0.2) is 102 Å². The summed E-state index contributed by atoms with van der Waals surface area (Å²) in [5, 5.41) is 7.58. The van der Waals surface area contributed by atoms with Crippen LogP contribution < -0.4 is 10.1 Å². The fourth-order valence-corrected chi connectivity index (χ4v) is 6.86. The molecule has 0 aliphatic rings. The smallest absolute Gasteiger partial charge is 0.197 e. The van der Waals surface area contributed by atoms with Gasteiger partial charge in [0.1, 0.15) is 30.3 Å². The molecule has 3 aromatic heterocycles. The fraction of sp³-hybridized carbons (Fsp3) is 0.176. The molecule has 0 amide bonds. The molecular weight excluding hydrogens is 661 g/mol. The van der Waals surface area contributed by atoms with E-state index in [2.05, 4.69) is 20.3 Å². The highest BCUT2D eigenvalue weighted by atomic mass is 35.5. The summed E-state index contributed by atoms with van der Waals surface area (Å²) in [6, 6.07) is 22.3. The Morgan fingerprint density at radius 1 is 0.936 bits per heavy atom. The number of nitrogens with one attached hydrogen (secondary N) is 1. The topological polar surface area (TPSA) is 116 Å². The van der Waals surface area contributed by atoms with Gasteiger partial charge in [0.05, 0.1) is 33.6 Å². The summed E-state index contributed by atoms with van der Waals surface area (Å²) in [4.78, 5) is 17.6. The lowest BCUT2D eigenvalue weighted by Gasteiger charge is -2.12. The second kappa shape index (κ2) is 14.9. The van der Waals surface area contributed by atoms with Crippen molar-refractivity contribution in [2.24, 2.45) is 0 Å². The Morgan fingerprint density at radius 2 is 1.85 bits per heavy atom. The van der Waals surface area contributed by atoms with Gasteiger partial charge in [-0.05, 0) is 66.6 Å². The zero-order valence-electron chi connectivity index (χ0n) is 25.0. The monoisotopic (exact) mass is 689 g/mol. The quantitative estimate of drug-likeness (QED) is 0.115. The molecule has 240 valence electrons. The van der Waals surface area contributed by atoms with Crippen LogP contribution in [-0.4, -0.2) is 47.3 Å². The molecule has 47 heavy (non-hydrogen) atoms. The van der Waals surface area contributed by atoms with E-state index in [0.29, 0.717) is 47.3 Å². The molecule has 13 heteroatoms. The lowest BCUT2D eigenvalue weighted by molar-refractivity contribution is 0.146. The van der Waals surface area contributed by atoms with E-state index in [9.17, 15) is 12.8 Å². The number of aromatic nitrogens is 4. The largest absolute Gasteiger partial charge is 0.487 e. The summed E-state index contributed by atoms with van der Waals surface area (Å²) >= 11 is 8.07. The van der Waals surface area contributed by atoms with E-state index in [-0.39, 0.29) is 29.8 Å². The van der Waals surface area contributed by atoms with Crippen molar-refractivity contribution in [1.82, 2.24) is 19.9 Å². The SMILES string of the molecule is O=S(=O)(CCOCCCc1nc(-c2ccc3ncnc(Nc4ccc(OCc5cccc(F)c5)c(Cl)c4)c3c2)cs1)c1ccccn1. The first kappa shape index (κ1) is 32.5. The lowest BCUT2D eigenvalue weighted by atomic mass is 10.1. The van der Waals surface area contributed by atoms with Crippen molar-refractivity contribution in [1.29, 1.82) is 0 Å². The number of thiazole rings is 1. The van der Waals surface area contributed by atoms with Crippen LogP contribution in [-0.2, 0) is 27.6 Å². The third-order valence-corrected chi connectivity index (χ3v) is 9.88. The molecule has 0 bridgehead atoms. The molecule has 1 N–H and O–H groups in total. The van der Waals surface area contributed by atoms with Crippen molar-refractivity contribution in [2.75, 3.05) is 24.3 Å². The molecule has 0 unspecified atom stereocenters. The number of rotatable bonds is 14. The average molecular weight is 690 g/mol. The third-order valence-electron chi connectivity index (χ3n) is 7.09. The summed E-state index contributed by atoms with van der Waals surface area (Å²) in [6.45, 7) is 0.729. The van der Waals surface area contributed by atoms with Crippen molar-refractivity contribution in [3.05, 3.63) is 118 Å². The minimum Gasteiger partial charge on any atom is -0.487 e. The summed E-state index contributed by atoms with van der Waals surface area (Å²) < 4.78 is 49.5. The Labute approximate surface area is 280 Å². The summed E-state index contributed by atoms with van der Waals surface area (Å²) in [5.41, 5.74) is 3.95. The van der Waals surface area contributed by atoms with Gasteiger partial charge in [-0.25, -0.2) is 32.7 Å². The van der Waals surface area contributed by atoms with Crippen LogP contribution in [0.3, 0.4) is 0 Å². The highest BCUT2D eigenvalue weighted by Gasteiger charge is 2.15. The van der Waals surface area contributed by atoms with E-state index in [4.69, 9.17) is 26.1 Å². The number of aryl methyl sites for hydroxylation is 1. The van der Waals surface area contributed by atoms with Gasteiger partial charge in [-0.1, -0.05) is 35.9 Å². The summed E-state index contributed by atoms with van der Waals surface area (Å²) in [5.74, 6) is 0.660. The lowest BCUT2D eigenvalue weighted by Crippen LogP contribution is -2.14. The van der Waals surface area contributed by atoms with Gasteiger partial charge in [-0.3, -0.25) is 0 Å². The number of pyridine rings is 1. The van der Waals surface area contributed by atoms with Crippen molar-refractivity contribution in [3.63, 3.8) is 0 Å². The Bertz CT molecular complexity index is 2100. The Balaban J connectivity index is 1.05. The maximum absolute atomic E-state index is 13.5. The Hall–Kier alpha value is -4.49. The molecule has 3 heterocycles. The van der Waals surface area contributed by atoms with Crippen LogP contribution in [0, 0.1) is 5.82 Å². The van der Waals surface area contributed by atoms with Crippen molar-refractivity contribution in [3.8, 4) is 17.0 Å². The van der Waals surface area contributed by atoms with Crippen LogP contribution >= 0.6 is 22.9 Å². The molecule has 0 spiro atoms. The number of sulfone groups is 1. The van der Waals surface area contributed by atoms with Crippen LogP contribution in [0.5, 0.6) is 5.75 Å². The maximum atomic E-state index is 13.5. The van der Waals surface area contributed by atoms with E-state index < -0.39 is 9.84 Å². The molecule has 0 aliphatic carbocycles. The zero-order chi connectivity index (χ0) is 32.6. The van der Waals surface area contributed by atoms with Crippen LogP contribution in [0.1, 0.15) is 17.0 Å². The van der Waals surface area contributed by atoms with Gasteiger partial charge in [-0.2, -0.15) is 0 Å². The van der Waals surface area contributed by atoms with E-state index in [1.165, 1.54) is 30.7 Å². The average Bonchev–Trinajstić information content (AvgIpc) is 3.55. The first-order valence-corrected chi connectivity index (χ1v) is 17.6. The van der Waals surface area contributed by atoms with E-state index in [0.717, 1.165) is 27.2 Å². The molecular formula is C34H29ClFN5O4S2. The number of ether oxygens (including phenoxy) is 2. The number of nitrogens with zero attached hydrogens (tertiary/aromatic N) is 4. The molecule has 6 aromatic rings. The minimum atomic E-state index is -3.46. The van der Waals surface area contributed by atoms with Crippen LogP contribution in [0.2, 0.25) is 5.02 Å². The molecule has 0 saturated carbocycles. The molecule has 0 fully saturated rings. The summed E-state index contributed by atoms with van der Waals surface area (Å²) in [6.07, 6.45) is 4.39. The third kappa shape index (κ3) is 8.46. The predicted octanol–water partition coefficient (Wildman–Crippen LogP) is 7.69. The van der Waals surface area contributed by atoms with E-state index in [1.807, 2.05) is 29.6 Å². The van der Waals surface area contributed by atoms with Crippen molar-refractivity contribution in [2.45, 2.75) is 24.5 Å². The maximum Gasteiger partial charge on any atom is 0.197 e. The van der Waals surface area contributed by atoms with Gasteiger partial charge < -0.3 is 14.8 Å². The second-order valence-corrected chi connectivity index (χ2v) is 13.9. The highest BCUT2D eigenvalue weighted by Crippen LogP contribution is 2.33. The van der Waals surface area contributed by atoms with Gasteiger partial charge in [0, 0.05) is 41.2 Å². The molecule has 0 atom stereocenters. The van der Waals surface area contributed by atoms with E-state index >= 15 is 0 Å². The molecule has 9 nitrogen and oxygen atoms in total. The minimum absolute atomic E-state index is 0.0610. The first-order valence-electron chi connectivity index (χ1n) is 14.7. The number of anilines is 2. The van der Waals surface area contributed by atoms with Gasteiger partial charge in [-0.15, -0.1) is 11.3 Å². The molecule has 0 radical (unpaired) electrons. The first-order chi connectivity index (χ1) is 22.8. The van der Waals surface area contributed by atoms with E-state index in [1.54, 1.807) is 47.7 Å². The van der Waals surface area contributed by atoms with Gasteiger partial charge >= 0.3 is 0 Å². The van der Waals surface area contributed by atoms with Gasteiger partial charge in [0.15, 0.2) is 14.9 Å². The number of fused-ring (bicyclic) bond motifs is 1. The molecule has 0 saturated heterocycles. The fourth-order valence-electron chi connectivity index (χ4n) is 4.73. The predicted molar refractivity (Wildman–Crippen MR) is 182 cm³/mol. The van der Waals surface area contributed by atoms with Crippen LogP contribution in [0.4, 0.5) is 15.9 Å². The molecule has 6 rings (SSSR count). The number of halogens is 2. The molecule has 3 aromatic carbocycles. The Kier molecular flexibility index (Phi) is 10.3. The second-order valence-electron chi connectivity index (χ2n) is 10.5. The molecule has 0 aliphatic heterocycles. The number of hydrogen-bond donors (Lipinski definition) is 1. The zero-order valence-corrected chi connectivity index (χ0v) is 27.4. The van der Waals surface area contributed by atoms with Gasteiger partial charge in [0.2, 0.25) is 0 Å². The van der Waals surface area contributed by atoms with Crippen LogP contribution in [0.25, 0.3) is 22.2 Å². The van der Waals surface area contributed by atoms with Crippen molar-refractivity contribution >= 4 is 55.2 Å². The number of hydrogen-bond acceptors (Lipinski definition) is 10. The highest BCUT2D eigenvalue weighted by molar-refractivity contribution is 7.91. The normalized spacial score (nSPS) is 11.5. The number of benzene rings is 3.